The number of hydrogen-bond acceptors (Lipinski definition) is 12. The molecule has 1 atom stereocenters. The largest absolute Gasteiger partial charge is 0.393 e. The topological polar surface area (TPSA) is 220 Å². The van der Waals surface area contributed by atoms with Crippen molar-refractivity contribution in [1.82, 2.24) is 35.2 Å². The number of rotatable bonds is 11. The Labute approximate surface area is 314 Å². The minimum absolute atomic E-state index is 0.0296. The second-order valence-corrected chi connectivity index (χ2v) is 14.2. The van der Waals surface area contributed by atoms with Crippen LogP contribution in [0, 0.1) is 5.92 Å². The molecule has 2 aliphatic heterocycles. The van der Waals surface area contributed by atoms with Crippen molar-refractivity contribution in [3.63, 3.8) is 0 Å². The maximum atomic E-state index is 13.1. The monoisotopic (exact) mass is 741 g/mol. The van der Waals surface area contributed by atoms with E-state index in [-0.39, 0.29) is 65.0 Å². The molecular formula is C38H51N11O5. The lowest BCUT2D eigenvalue weighted by Crippen LogP contribution is -2.46. The zero-order valence-electron chi connectivity index (χ0n) is 31.5. The maximum Gasteiger partial charge on any atom is 0.271 e. The van der Waals surface area contributed by atoms with E-state index in [1.54, 1.807) is 26.2 Å². The number of hydrogen-bond donors (Lipinski definition) is 7. The van der Waals surface area contributed by atoms with E-state index in [9.17, 15) is 24.6 Å². The standard InChI is InChI=1S/C36H45N11O5.C2H6/c1-44(2)35(50)26-8-5-9-29(42-26)36(51,52)46-15-14-22(18-46)47-28-19-45(3)32-23(24(28)17-39-47)6-4-7-25(32)41-27(31(38)34(49)40-21-12-13-21)16-30(37)43-33(48)20-10-11-20;1-2/h4-9,16-17,20-22,41,51-52H,10-15,18-19,37-38H2,1-3H3,(H,40,49)(H,43,48);1-2H3/b30-16+,31-27+;. The van der Waals surface area contributed by atoms with Crippen LogP contribution in [0.1, 0.15) is 73.9 Å². The third kappa shape index (κ3) is 7.90. The first-order chi connectivity index (χ1) is 25.8. The highest BCUT2D eigenvalue weighted by atomic mass is 16.5. The number of likely N-dealkylation sites (tertiary alicyclic amines) is 1. The number of amides is 3. The second kappa shape index (κ2) is 15.5. The average Bonchev–Trinajstić information content (AvgIpc) is 4.08. The fourth-order valence-corrected chi connectivity index (χ4v) is 6.74. The quantitative estimate of drug-likeness (QED) is 0.0851. The molecule has 9 N–H and O–H groups in total. The molecule has 3 aromatic rings. The highest BCUT2D eigenvalue weighted by Crippen LogP contribution is 2.45. The molecule has 16 heteroatoms. The molecule has 2 aromatic heterocycles. The van der Waals surface area contributed by atoms with Gasteiger partial charge in [0, 0.05) is 63.4 Å². The number of anilines is 2. The molecule has 0 radical (unpaired) electrons. The molecule has 4 heterocycles. The van der Waals surface area contributed by atoms with Crippen molar-refractivity contribution in [1.29, 1.82) is 0 Å². The van der Waals surface area contributed by atoms with Gasteiger partial charge in [-0.15, -0.1) is 0 Å². The van der Waals surface area contributed by atoms with Crippen LogP contribution in [0.2, 0.25) is 0 Å². The van der Waals surface area contributed by atoms with Crippen molar-refractivity contribution in [3.8, 4) is 11.1 Å². The molecule has 2 saturated carbocycles. The molecule has 16 nitrogen and oxygen atoms in total. The van der Waals surface area contributed by atoms with Crippen LogP contribution >= 0.6 is 0 Å². The van der Waals surface area contributed by atoms with Crippen LogP contribution in [-0.2, 0) is 22.0 Å². The number of aromatic nitrogens is 3. The van der Waals surface area contributed by atoms with E-state index < -0.39 is 11.8 Å². The van der Waals surface area contributed by atoms with Gasteiger partial charge in [0.15, 0.2) is 0 Å². The van der Waals surface area contributed by atoms with Gasteiger partial charge in [-0.1, -0.05) is 32.0 Å². The van der Waals surface area contributed by atoms with Gasteiger partial charge in [0.25, 0.3) is 17.7 Å². The Morgan fingerprint density at radius 1 is 1.00 bits per heavy atom. The Kier molecular flexibility index (Phi) is 11.0. The van der Waals surface area contributed by atoms with Gasteiger partial charge in [0.2, 0.25) is 5.91 Å². The van der Waals surface area contributed by atoms with E-state index in [1.165, 1.54) is 21.9 Å². The number of carbonyl (C=O) groups excluding carboxylic acids is 3. The van der Waals surface area contributed by atoms with Crippen molar-refractivity contribution in [2.24, 2.45) is 17.4 Å². The highest BCUT2D eigenvalue weighted by Gasteiger charge is 2.42. The first-order valence-electron chi connectivity index (χ1n) is 18.5. The summed E-state index contributed by atoms with van der Waals surface area (Å²) >= 11 is 0. The maximum absolute atomic E-state index is 13.1. The van der Waals surface area contributed by atoms with E-state index in [4.69, 9.17) is 16.6 Å². The van der Waals surface area contributed by atoms with Gasteiger partial charge in [-0.3, -0.25) is 19.1 Å². The second-order valence-electron chi connectivity index (χ2n) is 14.2. The zero-order valence-corrected chi connectivity index (χ0v) is 31.5. The first-order valence-corrected chi connectivity index (χ1v) is 18.5. The van der Waals surface area contributed by atoms with Crippen LogP contribution in [0.4, 0.5) is 11.4 Å². The number of nitrogens with two attached hydrogens (primary N) is 2. The number of nitrogens with one attached hydrogen (secondary N) is 3. The van der Waals surface area contributed by atoms with Crippen molar-refractivity contribution in [3.05, 3.63) is 83.0 Å². The van der Waals surface area contributed by atoms with Gasteiger partial charge < -0.3 is 47.4 Å². The third-order valence-corrected chi connectivity index (χ3v) is 9.89. The highest BCUT2D eigenvalue weighted by molar-refractivity contribution is 5.96. The van der Waals surface area contributed by atoms with Crippen molar-refractivity contribution in [2.45, 2.75) is 70.5 Å². The van der Waals surface area contributed by atoms with E-state index in [0.29, 0.717) is 25.2 Å². The van der Waals surface area contributed by atoms with E-state index in [1.807, 2.05) is 50.0 Å². The van der Waals surface area contributed by atoms with Gasteiger partial charge in [-0.25, -0.2) is 9.88 Å². The van der Waals surface area contributed by atoms with Crippen LogP contribution in [0.15, 0.2) is 65.9 Å². The summed E-state index contributed by atoms with van der Waals surface area (Å²) in [7, 11) is 5.18. The van der Waals surface area contributed by atoms with Gasteiger partial charge in [-0.2, -0.15) is 5.10 Å². The molecular weight excluding hydrogens is 690 g/mol. The number of nitrogens with zero attached hydrogens (tertiary/aromatic N) is 6. The van der Waals surface area contributed by atoms with Gasteiger partial charge in [-0.05, 0) is 50.3 Å². The predicted octanol–water partition coefficient (Wildman–Crippen LogP) is 1.85. The SMILES string of the molecule is CC.CN(C)C(=O)c1cccc(C(O)(O)N2CCC(n3ncc4c3CN(C)c3c(NC(/C=C(\N)NC(=O)C5CC5)=C(/N)C(=O)NC5CC5)cccc3-4)C2)n1. The van der Waals surface area contributed by atoms with Gasteiger partial charge >= 0.3 is 0 Å². The van der Waals surface area contributed by atoms with Crippen LogP contribution in [-0.4, -0.2) is 92.8 Å². The molecule has 1 aromatic carbocycles. The summed E-state index contributed by atoms with van der Waals surface area (Å²) in [5.74, 6) is -3.29. The van der Waals surface area contributed by atoms with E-state index in [0.717, 1.165) is 48.2 Å². The normalized spacial score (nSPS) is 18.8. The van der Waals surface area contributed by atoms with Crippen molar-refractivity contribution >= 4 is 29.1 Å². The molecule has 288 valence electrons. The molecule has 4 aliphatic rings. The zero-order chi connectivity index (χ0) is 38.9. The van der Waals surface area contributed by atoms with E-state index in [2.05, 4.69) is 25.8 Å². The van der Waals surface area contributed by atoms with Crippen LogP contribution < -0.4 is 32.3 Å². The molecule has 1 saturated heterocycles. The molecule has 3 fully saturated rings. The molecule has 3 amide bonds. The van der Waals surface area contributed by atoms with Crippen molar-refractivity contribution in [2.75, 3.05) is 44.4 Å². The minimum atomic E-state index is -2.39. The number of aliphatic hydroxyl groups is 2. The van der Waals surface area contributed by atoms with Crippen molar-refractivity contribution < 1.29 is 24.6 Å². The fourth-order valence-electron chi connectivity index (χ4n) is 6.74. The third-order valence-electron chi connectivity index (χ3n) is 9.89. The summed E-state index contributed by atoms with van der Waals surface area (Å²) in [4.78, 5) is 47.2. The predicted molar refractivity (Wildman–Crippen MR) is 204 cm³/mol. The number of fused-ring (bicyclic) bond motifs is 3. The Morgan fingerprint density at radius 2 is 1.72 bits per heavy atom. The Balaban J connectivity index is 0.00000245. The van der Waals surface area contributed by atoms with Crippen LogP contribution in [0.3, 0.4) is 0 Å². The number of allylic oxidation sites excluding steroid dienone is 1. The summed E-state index contributed by atoms with van der Waals surface area (Å²) in [5, 5.41) is 36.3. The van der Waals surface area contributed by atoms with Gasteiger partial charge in [0.1, 0.15) is 22.9 Å². The summed E-state index contributed by atoms with van der Waals surface area (Å²) in [5.41, 5.74) is 17.2. The molecule has 7 rings (SSSR count). The minimum Gasteiger partial charge on any atom is -0.393 e. The van der Waals surface area contributed by atoms with Crippen LogP contribution in [0.25, 0.3) is 11.1 Å². The molecule has 0 bridgehead atoms. The summed E-state index contributed by atoms with van der Waals surface area (Å²) in [6.45, 7) is 5.14. The van der Waals surface area contributed by atoms with Gasteiger partial charge in [0.05, 0.1) is 41.5 Å². The number of carbonyl (C=O) groups is 3. The molecule has 2 aliphatic carbocycles. The first kappa shape index (κ1) is 38.3. The summed E-state index contributed by atoms with van der Waals surface area (Å²) in [6, 6.07) is 10.3. The summed E-state index contributed by atoms with van der Waals surface area (Å²) in [6.07, 6.45) is 7.34. The molecule has 0 spiro atoms. The van der Waals surface area contributed by atoms with Crippen LogP contribution in [0.5, 0.6) is 0 Å². The average molecular weight is 742 g/mol. The number of para-hydroxylation sites is 1. The Hall–Kier alpha value is -5.45. The smallest absolute Gasteiger partial charge is 0.271 e. The number of benzene rings is 1. The lowest BCUT2D eigenvalue weighted by molar-refractivity contribution is -0.272. The Morgan fingerprint density at radius 3 is 2.41 bits per heavy atom. The lowest BCUT2D eigenvalue weighted by Gasteiger charge is -2.33. The summed E-state index contributed by atoms with van der Waals surface area (Å²) < 4.78 is 1.95. The van der Waals surface area contributed by atoms with E-state index >= 15 is 0 Å². The molecule has 1 unspecified atom stereocenters. The molecule has 54 heavy (non-hydrogen) atoms. The number of pyridine rings is 1. The Bertz CT molecular complexity index is 1980. The lowest BCUT2D eigenvalue weighted by atomic mass is 9.97. The fraction of sp³-hybridized carbons (Fsp3) is 0.447.